The van der Waals surface area contributed by atoms with E-state index >= 15 is 0 Å². The maximum absolute atomic E-state index is 11.2. The Balaban J connectivity index is 0.000000107. The number of aliphatic hydroxyl groups excluding tert-OH is 1. The lowest BCUT2D eigenvalue weighted by molar-refractivity contribution is -0.120. The van der Waals surface area contributed by atoms with E-state index in [4.69, 9.17) is 4.74 Å². The molecular formula is C19H28N6O3. The van der Waals surface area contributed by atoms with Gasteiger partial charge >= 0.3 is 0 Å². The first-order valence-electron chi connectivity index (χ1n) is 10.3. The first-order valence-corrected chi connectivity index (χ1v) is 10.3. The average Bonchev–Trinajstić information content (AvgIpc) is 3.37. The Hall–Kier alpha value is -2.13. The largest absolute Gasteiger partial charge is 0.391 e. The minimum Gasteiger partial charge on any atom is -0.391 e. The van der Waals surface area contributed by atoms with Crippen molar-refractivity contribution in [1.29, 1.82) is 0 Å². The van der Waals surface area contributed by atoms with E-state index in [1.807, 2.05) is 0 Å². The fourth-order valence-electron chi connectivity index (χ4n) is 4.28. The molecule has 0 radical (unpaired) electrons. The van der Waals surface area contributed by atoms with Gasteiger partial charge in [0.2, 0.25) is 0 Å². The van der Waals surface area contributed by atoms with E-state index in [0.29, 0.717) is 18.6 Å². The molecule has 0 bridgehead atoms. The third-order valence-corrected chi connectivity index (χ3v) is 5.91. The molecule has 4 fully saturated rings. The third-order valence-electron chi connectivity index (χ3n) is 5.91. The summed E-state index contributed by atoms with van der Waals surface area (Å²) in [4.78, 5) is 18.8. The summed E-state index contributed by atoms with van der Waals surface area (Å²) in [6, 6.07) is 0.134. The molecule has 1 aliphatic heterocycles. The summed E-state index contributed by atoms with van der Waals surface area (Å²) in [5, 5.41) is 17.4. The predicted octanol–water partition coefficient (Wildman–Crippen LogP) is 1.87. The van der Waals surface area contributed by atoms with Gasteiger partial charge in [0.25, 0.3) is 0 Å². The molecule has 0 spiro atoms. The highest BCUT2D eigenvalue weighted by molar-refractivity contribution is 5.84. The fourth-order valence-corrected chi connectivity index (χ4v) is 4.28. The number of Topliss-reactive ketones (excluding diaryl/α,β-unsaturated/α-hetero) is 1. The SMILES string of the molecule is C1CC2OC2C1.O=C1CCCC1n1cncn1.OC1CCCC1n1cncn1. The molecule has 0 amide bonds. The number of aromatic nitrogens is 6. The normalized spacial score (nSPS) is 32.9. The summed E-state index contributed by atoms with van der Waals surface area (Å²) in [7, 11) is 0. The molecule has 5 atom stereocenters. The van der Waals surface area contributed by atoms with Crippen LogP contribution in [0.1, 0.15) is 69.9 Å². The first-order chi connectivity index (χ1) is 13.7. The van der Waals surface area contributed by atoms with Gasteiger partial charge in [-0.2, -0.15) is 10.2 Å². The highest BCUT2D eigenvalue weighted by Gasteiger charge is 2.42. The Morgan fingerprint density at radius 1 is 0.893 bits per heavy atom. The van der Waals surface area contributed by atoms with Crippen LogP contribution in [0.2, 0.25) is 0 Å². The van der Waals surface area contributed by atoms with Crippen molar-refractivity contribution in [2.45, 2.75) is 88.2 Å². The van der Waals surface area contributed by atoms with Crippen LogP contribution < -0.4 is 0 Å². The van der Waals surface area contributed by atoms with Crippen molar-refractivity contribution in [2.75, 3.05) is 0 Å². The van der Waals surface area contributed by atoms with Crippen molar-refractivity contribution >= 4 is 5.78 Å². The molecule has 3 saturated carbocycles. The van der Waals surface area contributed by atoms with Crippen molar-refractivity contribution in [3.8, 4) is 0 Å². The number of epoxide rings is 1. The summed E-state index contributed by atoms with van der Waals surface area (Å²) >= 11 is 0. The van der Waals surface area contributed by atoms with E-state index in [1.165, 1.54) is 31.9 Å². The lowest BCUT2D eigenvalue weighted by Gasteiger charge is -2.13. The molecule has 2 aromatic rings. The van der Waals surface area contributed by atoms with E-state index in [0.717, 1.165) is 32.1 Å². The number of aliphatic hydroxyl groups is 1. The first kappa shape index (κ1) is 19.2. The molecule has 9 nitrogen and oxygen atoms in total. The number of ketones is 1. The number of hydrogen-bond acceptors (Lipinski definition) is 7. The molecule has 4 aliphatic rings. The van der Waals surface area contributed by atoms with Crippen molar-refractivity contribution in [3.05, 3.63) is 25.3 Å². The summed E-state index contributed by atoms with van der Waals surface area (Å²) in [5.41, 5.74) is 0. The van der Waals surface area contributed by atoms with Gasteiger partial charge in [-0.25, -0.2) is 19.3 Å². The molecule has 0 aromatic carbocycles. The quantitative estimate of drug-likeness (QED) is 0.782. The molecule has 3 heterocycles. The van der Waals surface area contributed by atoms with Crippen molar-refractivity contribution < 1.29 is 14.6 Å². The van der Waals surface area contributed by atoms with Crippen molar-refractivity contribution in [3.63, 3.8) is 0 Å². The molecule has 3 aliphatic carbocycles. The summed E-state index contributed by atoms with van der Waals surface area (Å²) in [6.45, 7) is 0. The van der Waals surface area contributed by atoms with Gasteiger partial charge in [-0.05, 0) is 51.4 Å². The number of carbonyl (C=O) groups is 1. The number of carbonyl (C=O) groups excluding carboxylic acids is 1. The number of rotatable bonds is 2. The van der Waals surface area contributed by atoms with Crippen LogP contribution in [0.15, 0.2) is 25.3 Å². The number of hydrogen-bond donors (Lipinski definition) is 1. The Morgan fingerprint density at radius 3 is 2.00 bits per heavy atom. The fraction of sp³-hybridized carbons (Fsp3) is 0.737. The molecule has 9 heteroatoms. The summed E-state index contributed by atoms with van der Waals surface area (Å²) < 4.78 is 8.55. The topological polar surface area (TPSA) is 111 Å². The van der Waals surface area contributed by atoms with Crippen molar-refractivity contribution in [2.24, 2.45) is 0 Å². The van der Waals surface area contributed by atoms with E-state index in [1.54, 1.807) is 22.0 Å². The summed E-state index contributed by atoms with van der Waals surface area (Å²) in [6.07, 6.45) is 17.1. The summed E-state index contributed by atoms with van der Waals surface area (Å²) in [5.74, 6) is 0.288. The van der Waals surface area contributed by atoms with Gasteiger partial charge in [0.05, 0.1) is 24.4 Å². The molecule has 28 heavy (non-hydrogen) atoms. The standard InChI is InChI=1S/C7H11N3O.C7H9N3O.C5H8O/c2*11-7-3-1-2-6(7)10-5-8-4-9-10;1-2-4-5(3-1)6-4/h4-7,11H,1-3H2;4-6H,1-3H2;4-5H,1-3H2. The minimum atomic E-state index is -0.225. The molecular weight excluding hydrogens is 360 g/mol. The molecule has 1 N–H and O–H groups in total. The number of ether oxygens (including phenoxy) is 1. The van der Waals surface area contributed by atoms with Gasteiger partial charge in [-0.15, -0.1) is 0 Å². The lowest BCUT2D eigenvalue weighted by atomic mass is 10.2. The Morgan fingerprint density at radius 2 is 1.57 bits per heavy atom. The van der Waals surface area contributed by atoms with Crippen LogP contribution >= 0.6 is 0 Å². The van der Waals surface area contributed by atoms with Gasteiger partial charge in [0.1, 0.15) is 31.4 Å². The number of nitrogens with zero attached hydrogens (tertiary/aromatic N) is 6. The average molecular weight is 388 g/mol. The second kappa shape index (κ2) is 8.91. The molecule has 6 rings (SSSR count). The van der Waals surface area contributed by atoms with Crippen LogP contribution in [0.5, 0.6) is 0 Å². The van der Waals surface area contributed by atoms with Gasteiger partial charge < -0.3 is 9.84 Å². The zero-order valence-electron chi connectivity index (χ0n) is 16.0. The Kier molecular flexibility index (Phi) is 6.11. The maximum Gasteiger partial charge on any atom is 0.157 e. The zero-order valence-corrected chi connectivity index (χ0v) is 16.0. The van der Waals surface area contributed by atoms with Crippen LogP contribution in [-0.4, -0.2) is 58.7 Å². The second-order valence-corrected chi connectivity index (χ2v) is 7.83. The van der Waals surface area contributed by atoms with Crippen molar-refractivity contribution in [1.82, 2.24) is 29.5 Å². The molecule has 5 unspecified atom stereocenters. The highest BCUT2D eigenvalue weighted by atomic mass is 16.6. The van der Waals surface area contributed by atoms with E-state index in [-0.39, 0.29) is 24.0 Å². The Bertz CT molecular complexity index is 727. The van der Waals surface area contributed by atoms with Crippen LogP contribution in [0.3, 0.4) is 0 Å². The molecule has 2 aromatic heterocycles. The van der Waals surface area contributed by atoms with E-state index in [9.17, 15) is 9.90 Å². The zero-order chi connectivity index (χ0) is 19.3. The number of fused-ring (bicyclic) bond motifs is 1. The molecule has 152 valence electrons. The monoisotopic (exact) mass is 388 g/mol. The maximum atomic E-state index is 11.2. The molecule has 1 saturated heterocycles. The van der Waals surface area contributed by atoms with Gasteiger partial charge in [-0.1, -0.05) is 0 Å². The van der Waals surface area contributed by atoms with Gasteiger partial charge in [0, 0.05) is 6.42 Å². The van der Waals surface area contributed by atoms with Crippen LogP contribution in [0, 0.1) is 0 Å². The van der Waals surface area contributed by atoms with E-state index < -0.39 is 0 Å². The van der Waals surface area contributed by atoms with Crippen LogP contribution in [0.25, 0.3) is 0 Å². The van der Waals surface area contributed by atoms with E-state index in [2.05, 4.69) is 20.2 Å². The predicted molar refractivity (Wildman–Crippen MR) is 99.3 cm³/mol. The second-order valence-electron chi connectivity index (χ2n) is 7.83. The van der Waals surface area contributed by atoms with Crippen LogP contribution in [-0.2, 0) is 9.53 Å². The van der Waals surface area contributed by atoms with Crippen LogP contribution in [0.4, 0.5) is 0 Å². The Labute approximate surface area is 164 Å². The smallest absolute Gasteiger partial charge is 0.157 e. The van der Waals surface area contributed by atoms with Gasteiger partial charge in [-0.3, -0.25) is 4.79 Å². The van der Waals surface area contributed by atoms with Gasteiger partial charge in [0.15, 0.2) is 5.78 Å². The third kappa shape index (κ3) is 4.64. The minimum absolute atomic E-state index is 0.0301. The lowest BCUT2D eigenvalue weighted by Crippen LogP contribution is -2.18. The highest BCUT2D eigenvalue weighted by Crippen LogP contribution is 2.37.